The second-order valence-electron chi connectivity index (χ2n) is 7.90. The summed E-state index contributed by atoms with van der Waals surface area (Å²) in [6, 6.07) is 10.6. The van der Waals surface area contributed by atoms with E-state index in [1.54, 1.807) is 6.07 Å². The lowest BCUT2D eigenvalue weighted by Crippen LogP contribution is -2.44. The number of nitrogens with one attached hydrogen (secondary N) is 2. The highest BCUT2D eigenvalue weighted by Crippen LogP contribution is 2.20. The third kappa shape index (κ3) is 5.23. The fourth-order valence-electron chi connectivity index (χ4n) is 3.32. The predicted molar refractivity (Wildman–Crippen MR) is 119 cm³/mol. The van der Waals surface area contributed by atoms with Gasteiger partial charge >= 0.3 is 5.76 Å². The van der Waals surface area contributed by atoms with Gasteiger partial charge < -0.3 is 9.73 Å². The summed E-state index contributed by atoms with van der Waals surface area (Å²) < 4.78 is 34.9. The van der Waals surface area contributed by atoms with Crippen molar-refractivity contribution < 1.29 is 17.6 Å². The van der Waals surface area contributed by atoms with E-state index in [0.29, 0.717) is 17.6 Å². The molecule has 0 radical (unpaired) electrons. The SMILES string of the molecule is CCc1cccc(NC(=O)[C@H](CC(C)C)NS(=O)(=O)c2ccc3c(c2)oc(=O)n3C)c1. The van der Waals surface area contributed by atoms with Gasteiger partial charge in [-0.05, 0) is 48.6 Å². The largest absolute Gasteiger partial charge is 0.419 e. The minimum absolute atomic E-state index is 0.0788. The first-order valence-corrected chi connectivity index (χ1v) is 11.6. The Balaban J connectivity index is 1.86. The van der Waals surface area contributed by atoms with Gasteiger partial charge in [0.2, 0.25) is 15.9 Å². The highest BCUT2D eigenvalue weighted by Gasteiger charge is 2.27. The topological polar surface area (TPSA) is 110 Å². The minimum atomic E-state index is -4.03. The molecule has 2 N–H and O–H groups in total. The van der Waals surface area contributed by atoms with Crippen molar-refractivity contribution in [2.24, 2.45) is 13.0 Å². The van der Waals surface area contributed by atoms with Crippen LogP contribution < -0.4 is 15.8 Å². The molecule has 0 saturated heterocycles. The highest BCUT2D eigenvalue weighted by molar-refractivity contribution is 7.89. The second kappa shape index (κ2) is 9.07. The Hall–Kier alpha value is -2.91. The quantitative estimate of drug-likeness (QED) is 0.554. The van der Waals surface area contributed by atoms with Gasteiger partial charge in [0.25, 0.3) is 0 Å². The number of benzene rings is 2. The number of carbonyl (C=O) groups is 1. The van der Waals surface area contributed by atoms with Crippen LogP contribution in [0.3, 0.4) is 0 Å². The molecule has 1 atom stereocenters. The predicted octanol–water partition coefficient (Wildman–Crippen LogP) is 3.03. The third-order valence-corrected chi connectivity index (χ3v) is 6.47. The first-order chi connectivity index (χ1) is 14.6. The number of carbonyl (C=O) groups excluding carboxylic acids is 1. The summed E-state index contributed by atoms with van der Waals surface area (Å²) in [5.74, 6) is -0.934. The molecule has 9 heteroatoms. The van der Waals surface area contributed by atoms with Crippen molar-refractivity contribution in [3.8, 4) is 0 Å². The monoisotopic (exact) mass is 445 g/mol. The van der Waals surface area contributed by atoms with Gasteiger partial charge in [0.15, 0.2) is 5.58 Å². The molecule has 0 aliphatic heterocycles. The van der Waals surface area contributed by atoms with Gasteiger partial charge in [0.1, 0.15) is 6.04 Å². The lowest BCUT2D eigenvalue weighted by Gasteiger charge is -2.20. The van der Waals surface area contributed by atoms with Crippen molar-refractivity contribution in [3.05, 3.63) is 58.6 Å². The van der Waals surface area contributed by atoms with E-state index in [9.17, 15) is 18.0 Å². The molecular weight excluding hydrogens is 418 g/mol. The molecule has 0 fully saturated rings. The fraction of sp³-hybridized carbons (Fsp3) is 0.364. The Kier molecular flexibility index (Phi) is 6.66. The first-order valence-electron chi connectivity index (χ1n) is 10.1. The maximum Gasteiger partial charge on any atom is 0.419 e. The molecule has 0 aliphatic rings. The number of oxazole rings is 1. The number of nitrogens with zero attached hydrogens (tertiary/aromatic N) is 1. The Morgan fingerprint density at radius 2 is 1.90 bits per heavy atom. The lowest BCUT2D eigenvalue weighted by atomic mass is 10.0. The van der Waals surface area contributed by atoms with E-state index < -0.39 is 27.7 Å². The summed E-state index contributed by atoms with van der Waals surface area (Å²) in [5.41, 5.74) is 2.33. The average Bonchev–Trinajstić information content (AvgIpc) is 3.00. The van der Waals surface area contributed by atoms with Crippen molar-refractivity contribution in [1.29, 1.82) is 0 Å². The van der Waals surface area contributed by atoms with E-state index in [1.807, 2.05) is 39.0 Å². The second-order valence-corrected chi connectivity index (χ2v) is 9.62. The molecule has 0 spiro atoms. The molecule has 0 bridgehead atoms. The summed E-state index contributed by atoms with van der Waals surface area (Å²) in [6.45, 7) is 5.84. The minimum Gasteiger partial charge on any atom is -0.408 e. The third-order valence-electron chi connectivity index (χ3n) is 5.00. The normalized spacial score (nSPS) is 12.9. The van der Waals surface area contributed by atoms with Crippen molar-refractivity contribution >= 4 is 32.7 Å². The fourth-order valence-corrected chi connectivity index (χ4v) is 4.54. The van der Waals surface area contributed by atoms with Crippen LogP contribution in [0.2, 0.25) is 0 Å². The zero-order chi connectivity index (χ0) is 22.8. The number of rotatable bonds is 8. The molecule has 166 valence electrons. The van der Waals surface area contributed by atoms with Crippen LogP contribution in [0.25, 0.3) is 11.1 Å². The summed E-state index contributed by atoms with van der Waals surface area (Å²) >= 11 is 0. The molecule has 0 unspecified atom stereocenters. The van der Waals surface area contributed by atoms with Crippen LogP contribution in [0.15, 0.2) is 56.6 Å². The molecular formula is C22H27N3O5S. The van der Waals surface area contributed by atoms with Gasteiger partial charge in [0.05, 0.1) is 10.4 Å². The van der Waals surface area contributed by atoms with E-state index in [4.69, 9.17) is 4.42 Å². The van der Waals surface area contributed by atoms with Gasteiger partial charge in [-0.25, -0.2) is 13.2 Å². The molecule has 8 nitrogen and oxygen atoms in total. The highest BCUT2D eigenvalue weighted by atomic mass is 32.2. The van der Waals surface area contributed by atoms with Crippen molar-refractivity contribution in [2.75, 3.05) is 5.32 Å². The maximum absolute atomic E-state index is 13.0. The molecule has 1 heterocycles. The number of aromatic nitrogens is 1. The molecule has 1 amide bonds. The van der Waals surface area contributed by atoms with E-state index in [2.05, 4.69) is 10.0 Å². The summed E-state index contributed by atoms with van der Waals surface area (Å²) in [6.07, 6.45) is 1.14. The zero-order valence-corrected chi connectivity index (χ0v) is 18.8. The summed E-state index contributed by atoms with van der Waals surface area (Å²) in [7, 11) is -2.49. The Morgan fingerprint density at radius 3 is 2.58 bits per heavy atom. The number of anilines is 1. The smallest absolute Gasteiger partial charge is 0.408 e. The number of fused-ring (bicyclic) bond motifs is 1. The van der Waals surface area contributed by atoms with Crippen LogP contribution in [0.1, 0.15) is 32.8 Å². The van der Waals surface area contributed by atoms with Crippen LogP contribution >= 0.6 is 0 Å². The van der Waals surface area contributed by atoms with Gasteiger partial charge in [0, 0.05) is 18.8 Å². The van der Waals surface area contributed by atoms with Gasteiger partial charge in [-0.3, -0.25) is 9.36 Å². The first kappa shape index (κ1) is 22.8. The molecule has 0 aliphatic carbocycles. The number of sulfonamides is 1. The Bertz CT molecular complexity index is 1260. The molecule has 1 aromatic heterocycles. The van der Waals surface area contributed by atoms with Crippen LogP contribution in [0, 0.1) is 5.92 Å². The molecule has 3 aromatic rings. The molecule has 31 heavy (non-hydrogen) atoms. The number of aryl methyl sites for hydroxylation is 2. The van der Waals surface area contributed by atoms with Crippen LogP contribution in [-0.2, 0) is 28.3 Å². The van der Waals surface area contributed by atoms with Crippen LogP contribution in [0.5, 0.6) is 0 Å². The van der Waals surface area contributed by atoms with Crippen molar-refractivity contribution in [2.45, 2.75) is 44.6 Å². The van der Waals surface area contributed by atoms with E-state index in [-0.39, 0.29) is 16.4 Å². The maximum atomic E-state index is 13.0. The lowest BCUT2D eigenvalue weighted by molar-refractivity contribution is -0.118. The van der Waals surface area contributed by atoms with Gasteiger partial charge in [-0.1, -0.05) is 32.9 Å². The Morgan fingerprint density at radius 1 is 1.16 bits per heavy atom. The Labute approximate surface area is 181 Å². The van der Waals surface area contributed by atoms with Crippen molar-refractivity contribution in [1.82, 2.24) is 9.29 Å². The van der Waals surface area contributed by atoms with E-state index in [1.165, 1.54) is 29.8 Å². The standard InChI is InChI=1S/C22H27N3O5S/c1-5-15-7-6-8-16(12-15)23-21(26)18(11-14(2)3)24-31(28,29)17-9-10-19-20(13-17)30-22(27)25(19)4/h6-10,12-14,18,24H,5,11H2,1-4H3,(H,23,26)/t18-/m0/s1. The van der Waals surface area contributed by atoms with Crippen LogP contribution in [-0.4, -0.2) is 24.9 Å². The van der Waals surface area contributed by atoms with Gasteiger partial charge in [-0.2, -0.15) is 4.72 Å². The molecule has 3 rings (SSSR count). The number of hydrogen-bond donors (Lipinski definition) is 2. The number of hydrogen-bond acceptors (Lipinski definition) is 5. The molecule has 0 saturated carbocycles. The van der Waals surface area contributed by atoms with E-state index >= 15 is 0 Å². The zero-order valence-electron chi connectivity index (χ0n) is 18.0. The number of amides is 1. The van der Waals surface area contributed by atoms with E-state index in [0.717, 1.165) is 12.0 Å². The van der Waals surface area contributed by atoms with Gasteiger partial charge in [-0.15, -0.1) is 0 Å². The average molecular weight is 446 g/mol. The summed E-state index contributed by atoms with van der Waals surface area (Å²) in [5, 5.41) is 2.81. The van der Waals surface area contributed by atoms with Crippen LogP contribution in [0.4, 0.5) is 5.69 Å². The summed E-state index contributed by atoms with van der Waals surface area (Å²) in [4.78, 5) is 24.5. The molecule has 2 aromatic carbocycles. The van der Waals surface area contributed by atoms with Crippen molar-refractivity contribution in [3.63, 3.8) is 0 Å².